The largest absolute Gasteiger partial charge is 0.441 e. The Balaban J connectivity index is 2.12. The van der Waals surface area contributed by atoms with E-state index >= 15 is 0 Å². The number of nitrogens with zero attached hydrogens (tertiary/aromatic N) is 4. The van der Waals surface area contributed by atoms with Gasteiger partial charge in [-0.3, -0.25) is 0 Å². The van der Waals surface area contributed by atoms with E-state index in [4.69, 9.17) is 16.0 Å². The average Bonchev–Trinajstić information content (AvgIpc) is 2.86. The molecule has 0 amide bonds. The van der Waals surface area contributed by atoms with Crippen LogP contribution in [0.1, 0.15) is 0 Å². The monoisotopic (exact) mass is 260 g/mol. The SMILES string of the molecule is CN(c1ccnc(Cl)n1)c1cccc2ncoc12. The van der Waals surface area contributed by atoms with E-state index in [0.717, 1.165) is 16.8 Å². The molecule has 18 heavy (non-hydrogen) atoms. The molecular weight excluding hydrogens is 252 g/mol. The summed E-state index contributed by atoms with van der Waals surface area (Å²) >= 11 is 5.79. The Bertz CT molecular complexity index is 697. The van der Waals surface area contributed by atoms with Crippen molar-refractivity contribution in [2.24, 2.45) is 0 Å². The second-order valence-electron chi connectivity index (χ2n) is 3.72. The number of aromatic nitrogens is 3. The first-order valence-electron chi connectivity index (χ1n) is 5.30. The molecule has 0 spiro atoms. The first-order chi connectivity index (χ1) is 8.75. The van der Waals surface area contributed by atoms with Crippen LogP contribution in [0.2, 0.25) is 5.28 Å². The molecule has 0 fully saturated rings. The molecule has 3 aromatic rings. The molecule has 0 aliphatic rings. The van der Waals surface area contributed by atoms with Crippen LogP contribution in [0.25, 0.3) is 11.1 Å². The van der Waals surface area contributed by atoms with Crippen LogP contribution < -0.4 is 4.90 Å². The Morgan fingerprint density at radius 1 is 1.22 bits per heavy atom. The maximum atomic E-state index is 5.79. The van der Waals surface area contributed by atoms with Gasteiger partial charge in [-0.2, -0.15) is 0 Å². The van der Waals surface area contributed by atoms with E-state index in [1.165, 1.54) is 6.39 Å². The molecule has 0 radical (unpaired) electrons. The fourth-order valence-electron chi connectivity index (χ4n) is 1.77. The lowest BCUT2D eigenvalue weighted by atomic mass is 10.2. The van der Waals surface area contributed by atoms with Crippen LogP contribution in [0.5, 0.6) is 0 Å². The molecule has 0 saturated heterocycles. The summed E-state index contributed by atoms with van der Waals surface area (Å²) in [5, 5.41) is 0.212. The van der Waals surface area contributed by atoms with E-state index in [2.05, 4.69) is 15.0 Å². The summed E-state index contributed by atoms with van der Waals surface area (Å²) in [6, 6.07) is 7.52. The lowest BCUT2D eigenvalue weighted by Crippen LogP contribution is -2.11. The first-order valence-corrected chi connectivity index (χ1v) is 5.68. The van der Waals surface area contributed by atoms with E-state index in [0.29, 0.717) is 5.82 Å². The Morgan fingerprint density at radius 3 is 2.94 bits per heavy atom. The quantitative estimate of drug-likeness (QED) is 0.663. The van der Waals surface area contributed by atoms with Crippen molar-refractivity contribution < 1.29 is 4.42 Å². The third kappa shape index (κ3) is 1.78. The highest BCUT2D eigenvalue weighted by atomic mass is 35.5. The molecular formula is C12H9ClN4O. The third-order valence-electron chi connectivity index (χ3n) is 2.65. The van der Waals surface area contributed by atoms with Crippen LogP contribution in [-0.4, -0.2) is 22.0 Å². The number of para-hydroxylation sites is 1. The van der Waals surface area contributed by atoms with Crippen LogP contribution in [-0.2, 0) is 0 Å². The summed E-state index contributed by atoms with van der Waals surface area (Å²) in [5.41, 5.74) is 2.40. The molecule has 5 nitrogen and oxygen atoms in total. The predicted octanol–water partition coefficient (Wildman–Crippen LogP) is 3.04. The van der Waals surface area contributed by atoms with Crippen LogP contribution in [0.3, 0.4) is 0 Å². The van der Waals surface area contributed by atoms with Crippen LogP contribution in [0.15, 0.2) is 41.3 Å². The zero-order valence-corrected chi connectivity index (χ0v) is 10.3. The van der Waals surface area contributed by atoms with E-state index in [1.807, 2.05) is 30.1 Å². The Hall–Kier alpha value is -2.14. The van der Waals surface area contributed by atoms with Gasteiger partial charge in [-0.05, 0) is 29.8 Å². The van der Waals surface area contributed by atoms with Gasteiger partial charge in [-0.15, -0.1) is 0 Å². The number of anilines is 2. The van der Waals surface area contributed by atoms with Crippen LogP contribution >= 0.6 is 11.6 Å². The van der Waals surface area contributed by atoms with E-state index in [9.17, 15) is 0 Å². The third-order valence-corrected chi connectivity index (χ3v) is 2.83. The minimum atomic E-state index is 0.212. The topological polar surface area (TPSA) is 55.1 Å². The van der Waals surface area contributed by atoms with Crippen LogP contribution in [0, 0.1) is 0 Å². The zero-order valence-electron chi connectivity index (χ0n) is 9.54. The number of hydrogen-bond donors (Lipinski definition) is 0. The molecule has 6 heteroatoms. The maximum Gasteiger partial charge on any atom is 0.224 e. The van der Waals surface area contributed by atoms with Gasteiger partial charge in [0.05, 0.1) is 5.69 Å². The van der Waals surface area contributed by atoms with Gasteiger partial charge in [0, 0.05) is 13.2 Å². The summed E-state index contributed by atoms with van der Waals surface area (Å²) < 4.78 is 5.39. The number of oxazole rings is 1. The van der Waals surface area contributed by atoms with Gasteiger partial charge in [-0.25, -0.2) is 15.0 Å². The van der Waals surface area contributed by atoms with Crippen molar-refractivity contribution in [3.63, 3.8) is 0 Å². The van der Waals surface area contributed by atoms with Crippen molar-refractivity contribution in [3.05, 3.63) is 42.1 Å². The maximum absolute atomic E-state index is 5.79. The predicted molar refractivity (Wildman–Crippen MR) is 69.1 cm³/mol. The molecule has 2 heterocycles. The van der Waals surface area contributed by atoms with Gasteiger partial charge in [0.25, 0.3) is 0 Å². The number of rotatable bonds is 2. The molecule has 0 atom stereocenters. The zero-order chi connectivity index (χ0) is 12.5. The molecule has 0 bridgehead atoms. The molecule has 2 aromatic heterocycles. The number of benzene rings is 1. The normalized spacial score (nSPS) is 10.8. The number of hydrogen-bond acceptors (Lipinski definition) is 5. The summed E-state index contributed by atoms with van der Waals surface area (Å²) in [6.45, 7) is 0. The van der Waals surface area contributed by atoms with Gasteiger partial charge in [0.15, 0.2) is 12.0 Å². The Morgan fingerprint density at radius 2 is 2.11 bits per heavy atom. The smallest absolute Gasteiger partial charge is 0.224 e. The van der Waals surface area contributed by atoms with Gasteiger partial charge < -0.3 is 9.32 Å². The molecule has 0 aliphatic carbocycles. The fraction of sp³-hybridized carbons (Fsp3) is 0.0833. The Labute approximate surface area is 108 Å². The highest BCUT2D eigenvalue weighted by Crippen LogP contribution is 2.29. The van der Waals surface area contributed by atoms with Gasteiger partial charge >= 0.3 is 0 Å². The number of halogens is 1. The second-order valence-corrected chi connectivity index (χ2v) is 4.06. The van der Waals surface area contributed by atoms with Crippen molar-refractivity contribution in [1.82, 2.24) is 15.0 Å². The minimum absolute atomic E-state index is 0.212. The van der Waals surface area contributed by atoms with Gasteiger partial charge in [-0.1, -0.05) is 6.07 Å². The summed E-state index contributed by atoms with van der Waals surface area (Å²) in [7, 11) is 1.88. The molecule has 0 saturated carbocycles. The molecule has 0 aliphatic heterocycles. The highest BCUT2D eigenvalue weighted by Gasteiger charge is 2.12. The van der Waals surface area contributed by atoms with E-state index < -0.39 is 0 Å². The van der Waals surface area contributed by atoms with Crippen molar-refractivity contribution in [1.29, 1.82) is 0 Å². The van der Waals surface area contributed by atoms with Crippen molar-refractivity contribution >= 4 is 34.2 Å². The first kappa shape index (κ1) is 11.0. The number of fused-ring (bicyclic) bond motifs is 1. The van der Waals surface area contributed by atoms with E-state index in [-0.39, 0.29) is 5.28 Å². The fourth-order valence-corrected chi connectivity index (χ4v) is 1.91. The lowest BCUT2D eigenvalue weighted by molar-refractivity contribution is 0.602. The molecule has 0 unspecified atom stereocenters. The Kier molecular flexibility index (Phi) is 2.60. The highest BCUT2D eigenvalue weighted by molar-refractivity contribution is 6.28. The molecule has 1 aromatic carbocycles. The molecule has 0 N–H and O–H groups in total. The van der Waals surface area contributed by atoms with Gasteiger partial charge in [0.1, 0.15) is 11.3 Å². The van der Waals surface area contributed by atoms with E-state index in [1.54, 1.807) is 12.3 Å². The molecule has 3 rings (SSSR count). The van der Waals surface area contributed by atoms with Crippen molar-refractivity contribution in [2.45, 2.75) is 0 Å². The van der Waals surface area contributed by atoms with Crippen molar-refractivity contribution in [3.8, 4) is 0 Å². The lowest BCUT2D eigenvalue weighted by Gasteiger charge is -2.17. The van der Waals surface area contributed by atoms with Crippen LogP contribution in [0.4, 0.5) is 11.5 Å². The average molecular weight is 261 g/mol. The molecule has 90 valence electrons. The van der Waals surface area contributed by atoms with Crippen molar-refractivity contribution in [2.75, 3.05) is 11.9 Å². The standard InChI is InChI=1S/C12H9ClN4O/c1-17(10-5-6-14-12(13)16-10)9-4-2-3-8-11(9)18-7-15-8/h2-7H,1H3. The second kappa shape index (κ2) is 4.27. The summed E-state index contributed by atoms with van der Waals surface area (Å²) in [5.74, 6) is 0.693. The summed E-state index contributed by atoms with van der Waals surface area (Å²) in [6.07, 6.45) is 3.04. The van der Waals surface area contributed by atoms with Gasteiger partial charge in [0.2, 0.25) is 5.28 Å². The summed E-state index contributed by atoms with van der Waals surface area (Å²) in [4.78, 5) is 14.0. The minimum Gasteiger partial charge on any atom is -0.441 e.